The number of unbranched alkanes of at least 4 members (excludes halogenated alkanes) is 1. The number of carbonyl (C=O) groups excluding carboxylic acids is 5. The van der Waals surface area contributed by atoms with E-state index in [0.717, 1.165) is 11.1 Å². The minimum absolute atomic E-state index is 0.0942. The van der Waals surface area contributed by atoms with Crippen LogP contribution in [0.5, 0.6) is 0 Å². The van der Waals surface area contributed by atoms with Crippen LogP contribution < -0.4 is 10.6 Å². The van der Waals surface area contributed by atoms with Crippen LogP contribution in [0.2, 0.25) is 0 Å². The number of ether oxygens (including phenoxy) is 5. The molecular weight excluding hydrogens is 536 g/mol. The first-order chi connectivity index (χ1) is 19.9. The summed E-state index contributed by atoms with van der Waals surface area (Å²) < 4.78 is 25.0. The van der Waals surface area contributed by atoms with E-state index in [1.165, 1.54) is 7.11 Å². The van der Waals surface area contributed by atoms with Crippen molar-refractivity contribution in [1.82, 2.24) is 10.6 Å². The second kappa shape index (κ2) is 19.7. The quantitative estimate of drug-likeness (QED) is 0.144. The van der Waals surface area contributed by atoms with Crippen molar-refractivity contribution in [1.29, 1.82) is 0 Å². The van der Waals surface area contributed by atoms with E-state index in [2.05, 4.69) is 10.6 Å². The zero-order chi connectivity index (χ0) is 29.7. The number of esters is 3. The molecule has 222 valence electrons. The number of benzene rings is 2. The van der Waals surface area contributed by atoms with Crippen molar-refractivity contribution in [2.45, 2.75) is 38.5 Å². The topological polar surface area (TPSA) is 156 Å². The molecule has 0 fully saturated rings. The predicted molar refractivity (Wildman–Crippen MR) is 145 cm³/mol. The molecule has 2 N–H and O–H groups in total. The summed E-state index contributed by atoms with van der Waals surface area (Å²) in [4.78, 5) is 59.6. The van der Waals surface area contributed by atoms with Crippen LogP contribution in [0.15, 0.2) is 60.7 Å². The fourth-order valence-electron chi connectivity index (χ4n) is 3.39. The Hall–Kier alpha value is -4.29. The van der Waals surface area contributed by atoms with Gasteiger partial charge < -0.3 is 34.3 Å². The highest BCUT2D eigenvalue weighted by atomic mass is 16.6. The van der Waals surface area contributed by atoms with E-state index in [0.29, 0.717) is 19.4 Å². The van der Waals surface area contributed by atoms with Gasteiger partial charge in [-0.15, -0.1) is 0 Å². The molecule has 1 unspecified atom stereocenters. The normalized spacial score (nSPS) is 11.1. The van der Waals surface area contributed by atoms with Crippen LogP contribution in [0.1, 0.15) is 30.4 Å². The Kier molecular flexibility index (Phi) is 15.8. The van der Waals surface area contributed by atoms with Crippen molar-refractivity contribution in [2.24, 2.45) is 0 Å². The molecule has 0 aliphatic rings. The summed E-state index contributed by atoms with van der Waals surface area (Å²) >= 11 is 0. The van der Waals surface area contributed by atoms with Gasteiger partial charge in [0.1, 0.15) is 45.7 Å². The van der Waals surface area contributed by atoms with Gasteiger partial charge in [0.2, 0.25) is 11.8 Å². The van der Waals surface area contributed by atoms with Crippen LogP contribution in [0.3, 0.4) is 0 Å². The molecule has 41 heavy (non-hydrogen) atoms. The van der Waals surface area contributed by atoms with E-state index in [1.807, 2.05) is 60.7 Å². The van der Waals surface area contributed by atoms with Gasteiger partial charge in [-0.05, 0) is 30.4 Å². The average molecular weight is 573 g/mol. The molecule has 0 spiro atoms. The van der Waals surface area contributed by atoms with Crippen LogP contribution in [0, 0.1) is 0 Å². The van der Waals surface area contributed by atoms with Gasteiger partial charge in [-0.2, -0.15) is 0 Å². The molecule has 0 aliphatic heterocycles. The van der Waals surface area contributed by atoms with Crippen LogP contribution in [-0.2, 0) is 60.9 Å². The van der Waals surface area contributed by atoms with Crippen molar-refractivity contribution in [2.75, 3.05) is 40.1 Å². The number of rotatable bonds is 19. The van der Waals surface area contributed by atoms with E-state index in [-0.39, 0.29) is 32.8 Å². The minimum Gasteiger partial charge on any atom is -0.467 e. The molecule has 0 saturated heterocycles. The molecule has 0 aliphatic carbocycles. The first-order valence-electron chi connectivity index (χ1n) is 13.1. The van der Waals surface area contributed by atoms with Gasteiger partial charge in [0.05, 0.1) is 7.11 Å². The van der Waals surface area contributed by atoms with E-state index >= 15 is 0 Å². The predicted octanol–water partition coefficient (Wildman–Crippen LogP) is 1.45. The lowest BCUT2D eigenvalue weighted by Gasteiger charge is -2.16. The minimum atomic E-state index is -0.915. The monoisotopic (exact) mass is 572 g/mol. The van der Waals surface area contributed by atoms with E-state index in [4.69, 9.17) is 23.7 Å². The summed E-state index contributed by atoms with van der Waals surface area (Å²) in [6.45, 7) is -0.988. The number of methoxy groups -OCH3 is 1. The fraction of sp³-hybridized carbons (Fsp3) is 0.414. The number of carbonyl (C=O) groups is 5. The van der Waals surface area contributed by atoms with Crippen molar-refractivity contribution in [3.63, 3.8) is 0 Å². The Morgan fingerprint density at radius 1 is 0.683 bits per heavy atom. The van der Waals surface area contributed by atoms with Crippen molar-refractivity contribution >= 4 is 29.7 Å². The van der Waals surface area contributed by atoms with Gasteiger partial charge in [0.15, 0.2) is 0 Å². The maximum Gasteiger partial charge on any atom is 0.332 e. The molecule has 0 saturated carbocycles. The number of nitrogens with one attached hydrogen (secondary N) is 2. The SMILES string of the molecule is COC(=O)C(CCCCNC(=O)COCC(=O)OCc1ccccc1)NC(=O)COCC(=O)OCc1ccccc1. The van der Waals surface area contributed by atoms with E-state index in [9.17, 15) is 24.0 Å². The lowest BCUT2D eigenvalue weighted by Crippen LogP contribution is -2.43. The van der Waals surface area contributed by atoms with E-state index < -0.39 is 49.0 Å². The molecule has 1 atom stereocenters. The third kappa shape index (κ3) is 15.2. The Labute approximate surface area is 238 Å². The van der Waals surface area contributed by atoms with Crippen molar-refractivity contribution in [3.05, 3.63) is 71.8 Å². The zero-order valence-electron chi connectivity index (χ0n) is 23.0. The molecule has 2 aromatic carbocycles. The molecule has 12 heteroatoms. The Bertz CT molecular complexity index is 1100. The van der Waals surface area contributed by atoms with Crippen LogP contribution in [0.4, 0.5) is 0 Å². The van der Waals surface area contributed by atoms with Gasteiger partial charge in [-0.25, -0.2) is 14.4 Å². The lowest BCUT2D eigenvalue weighted by atomic mass is 10.1. The van der Waals surface area contributed by atoms with E-state index in [1.54, 1.807) is 0 Å². The third-order valence-electron chi connectivity index (χ3n) is 5.45. The van der Waals surface area contributed by atoms with Crippen LogP contribution in [0.25, 0.3) is 0 Å². The zero-order valence-corrected chi connectivity index (χ0v) is 23.0. The second-order valence-electron chi connectivity index (χ2n) is 8.77. The summed E-state index contributed by atoms with van der Waals surface area (Å²) in [5, 5.41) is 5.16. The molecule has 2 amide bonds. The molecule has 2 rings (SSSR count). The van der Waals surface area contributed by atoms with Crippen molar-refractivity contribution < 1.29 is 47.7 Å². The largest absolute Gasteiger partial charge is 0.467 e. The summed E-state index contributed by atoms with van der Waals surface area (Å²) in [6.07, 6.45) is 1.26. The third-order valence-corrected chi connectivity index (χ3v) is 5.45. The van der Waals surface area contributed by atoms with Gasteiger partial charge in [0.25, 0.3) is 0 Å². The first-order valence-corrected chi connectivity index (χ1v) is 13.1. The molecule has 0 radical (unpaired) electrons. The summed E-state index contributed by atoms with van der Waals surface area (Å²) in [7, 11) is 1.21. The number of hydrogen-bond acceptors (Lipinski definition) is 10. The first kappa shape index (κ1) is 32.9. The molecule has 12 nitrogen and oxygen atoms in total. The molecule has 0 aromatic heterocycles. The number of amides is 2. The molecule has 0 heterocycles. The van der Waals surface area contributed by atoms with Crippen LogP contribution in [-0.4, -0.2) is 75.8 Å². The number of hydrogen-bond donors (Lipinski definition) is 2. The highest BCUT2D eigenvalue weighted by Gasteiger charge is 2.21. The van der Waals surface area contributed by atoms with Crippen molar-refractivity contribution in [3.8, 4) is 0 Å². The van der Waals surface area contributed by atoms with Gasteiger partial charge in [-0.1, -0.05) is 60.7 Å². The van der Waals surface area contributed by atoms with Crippen LogP contribution >= 0.6 is 0 Å². The highest BCUT2D eigenvalue weighted by molar-refractivity contribution is 5.85. The average Bonchev–Trinajstić information content (AvgIpc) is 2.99. The van der Waals surface area contributed by atoms with Gasteiger partial charge in [-0.3, -0.25) is 9.59 Å². The standard InChI is InChI=1S/C29H36N2O10/c1-37-29(36)24(31-26(33)19-39-21-28(35)41-17-23-12-6-3-7-13-23)14-8-9-15-30-25(32)18-38-20-27(34)40-16-22-10-4-2-5-11-22/h2-7,10-13,24H,8-9,14-21H2,1H3,(H,30,32)(H,31,33). The second-order valence-corrected chi connectivity index (χ2v) is 8.77. The summed E-state index contributed by atoms with van der Waals surface area (Å²) in [5.41, 5.74) is 1.67. The fourth-order valence-corrected chi connectivity index (χ4v) is 3.39. The Morgan fingerprint density at radius 3 is 1.71 bits per heavy atom. The maximum atomic E-state index is 12.2. The summed E-state index contributed by atoms with van der Waals surface area (Å²) in [6, 6.07) is 17.4. The Morgan fingerprint density at radius 2 is 1.20 bits per heavy atom. The molecule has 2 aromatic rings. The molecule has 0 bridgehead atoms. The van der Waals surface area contributed by atoms with Gasteiger partial charge in [0, 0.05) is 6.54 Å². The maximum absolute atomic E-state index is 12.2. The Balaban J connectivity index is 1.54. The summed E-state index contributed by atoms with van der Waals surface area (Å²) in [5.74, 6) is -2.83. The highest BCUT2D eigenvalue weighted by Crippen LogP contribution is 2.04. The molecular formula is C29H36N2O10. The lowest BCUT2D eigenvalue weighted by molar-refractivity contribution is -0.152. The smallest absolute Gasteiger partial charge is 0.332 e. The van der Waals surface area contributed by atoms with Gasteiger partial charge >= 0.3 is 17.9 Å².